The van der Waals surface area contributed by atoms with Crippen LogP contribution in [0.1, 0.15) is 23.0 Å². The van der Waals surface area contributed by atoms with Crippen LogP contribution in [0.5, 0.6) is 0 Å². The summed E-state index contributed by atoms with van der Waals surface area (Å²) in [6, 6.07) is 5.64. The second kappa shape index (κ2) is 6.60. The Kier molecular flexibility index (Phi) is 5.04. The summed E-state index contributed by atoms with van der Waals surface area (Å²) in [5, 5.41) is 2.48. The maximum atomic E-state index is 13.3. The van der Waals surface area contributed by atoms with Crippen LogP contribution in [0.3, 0.4) is 0 Å². The van der Waals surface area contributed by atoms with Gasteiger partial charge in [-0.15, -0.1) is 0 Å². The fourth-order valence-corrected chi connectivity index (χ4v) is 2.41. The molecule has 7 heteroatoms. The lowest BCUT2D eigenvalue weighted by atomic mass is 10.2. The van der Waals surface area contributed by atoms with Gasteiger partial charge in [0.1, 0.15) is 5.15 Å². The van der Waals surface area contributed by atoms with Gasteiger partial charge in [0.25, 0.3) is 5.91 Å². The molecule has 2 aromatic rings. The molecule has 0 unspecified atom stereocenters. The second-order valence-electron chi connectivity index (χ2n) is 4.23. The summed E-state index contributed by atoms with van der Waals surface area (Å²) in [7, 11) is 0. The van der Waals surface area contributed by atoms with Gasteiger partial charge in [-0.1, -0.05) is 41.7 Å². The molecule has 0 bridgehead atoms. The summed E-state index contributed by atoms with van der Waals surface area (Å²) in [6.07, 6.45) is 0.648. The normalized spacial score (nSPS) is 10.5. The topological polar surface area (TPSA) is 42.0 Å². The number of carbonyl (C=O) groups excluding carboxylic acids is 1. The number of hydrogen-bond donors (Lipinski definition) is 1. The fraction of sp³-hybridized carbons (Fsp3) is 0.143. The van der Waals surface area contributed by atoms with Crippen molar-refractivity contribution in [2.45, 2.75) is 13.3 Å². The number of nitrogens with zero attached hydrogens (tertiary/aromatic N) is 1. The van der Waals surface area contributed by atoms with E-state index in [1.807, 2.05) is 6.92 Å². The molecule has 21 heavy (non-hydrogen) atoms. The molecule has 1 aromatic carbocycles. The molecule has 0 atom stereocenters. The van der Waals surface area contributed by atoms with E-state index in [1.54, 1.807) is 6.07 Å². The zero-order valence-electron chi connectivity index (χ0n) is 10.9. The first-order chi connectivity index (χ1) is 9.90. The molecule has 0 aliphatic rings. The molecule has 0 spiro atoms. The van der Waals surface area contributed by atoms with Crippen molar-refractivity contribution >= 4 is 46.4 Å². The predicted octanol–water partition coefficient (Wildman–Crippen LogP) is 5.00. The maximum Gasteiger partial charge on any atom is 0.255 e. The first kappa shape index (κ1) is 16.0. The quantitative estimate of drug-likeness (QED) is 0.627. The molecule has 1 N–H and O–H groups in total. The Morgan fingerprint density at radius 2 is 1.81 bits per heavy atom. The van der Waals surface area contributed by atoms with E-state index in [9.17, 15) is 9.18 Å². The molecule has 0 aliphatic carbocycles. The summed E-state index contributed by atoms with van der Waals surface area (Å²) in [5.41, 5.74) is 1.34. The van der Waals surface area contributed by atoms with Gasteiger partial charge in [0, 0.05) is 16.9 Å². The van der Waals surface area contributed by atoms with Gasteiger partial charge in [0.15, 0.2) is 5.82 Å². The lowest BCUT2D eigenvalue weighted by Crippen LogP contribution is -2.13. The third-order valence-electron chi connectivity index (χ3n) is 2.71. The number of hydrogen-bond acceptors (Lipinski definition) is 2. The Balaban J connectivity index is 2.28. The summed E-state index contributed by atoms with van der Waals surface area (Å²) in [6.45, 7) is 1.90. The molecule has 2 rings (SSSR count). The molecule has 1 amide bonds. The van der Waals surface area contributed by atoms with Crippen molar-refractivity contribution in [1.29, 1.82) is 0 Å². The van der Waals surface area contributed by atoms with Gasteiger partial charge < -0.3 is 5.32 Å². The summed E-state index contributed by atoms with van der Waals surface area (Å²) >= 11 is 17.2. The van der Waals surface area contributed by atoms with Crippen LogP contribution in [-0.4, -0.2) is 10.9 Å². The van der Waals surface area contributed by atoms with Crippen LogP contribution in [0.25, 0.3) is 0 Å². The van der Waals surface area contributed by atoms with Crippen LogP contribution in [0.4, 0.5) is 10.1 Å². The van der Waals surface area contributed by atoms with Crippen LogP contribution in [0.2, 0.25) is 15.2 Å². The number of nitrogens with one attached hydrogen (secondary N) is 1. The van der Waals surface area contributed by atoms with Crippen LogP contribution in [0.15, 0.2) is 24.3 Å². The fourth-order valence-electron chi connectivity index (χ4n) is 1.69. The summed E-state index contributed by atoms with van der Waals surface area (Å²) in [5.74, 6) is -1.13. The van der Waals surface area contributed by atoms with E-state index < -0.39 is 11.7 Å². The van der Waals surface area contributed by atoms with Gasteiger partial charge in [-0.05, 0) is 30.7 Å². The second-order valence-corrected chi connectivity index (χ2v) is 5.43. The van der Waals surface area contributed by atoms with E-state index in [1.165, 1.54) is 18.2 Å². The highest BCUT2D eigenvalue weighted by Gasteiger charge is 2.12. The zero-order valence-corrected chi connectivity index (χ0v) is 13.2. The van der Waals surface area contributed by atoms with Crippen molar-refractivity contribution in [2.24, 2.45) is 0 Å². The van der Waals surface area contributed by atoms with Gasteiger partial charge in [-0.3, -0.25) is 4.79 Å². The first-order valence-corrected chi connectivity index (χ1v) is 7.16. The molecule has 1 heterocycles. The largest absolute Gasteiger partial charge is 0.322 e. The lowest BCUT2D eigenvalue weighted by Gasteiger charge is -2.08. The van der Waals surface area contributed by atoms with Gasteiger partial charge in [-0.25, -0.2) is 9.37 Å². The molecule has 0 radical (unpaired) electrons. The minimum absolute atomic E-state index is 0.167. The average Bonchev–Trinajstić information content (AvgIpc) is 2.43. The third kappa shape index (κ3) is 3.84. The Morgan fingerprint density at radius 1 is 1.19 bits per heavy atom. The summed E-state index contributed by atoms with van der Waals surface area (Å²) in [4.78, 5) is 16.2. The van der Waals surface area contributed by atoms with E-state index in [4.69, 9.17) is 34.8 Å². The van der Waals surface area contributed by atoms with E-state index in [0.717, 1.165) is 0 Å². The molecule has 0 saturated heterocycles. The van der Waals surface area contributed by atoms with Crippen LogP contribution >= 0.6 is 34.8 Å². The molecular weight excluding hydrogens is 338 g/mol. The monoisotopic (exact) mass is 346 g/mol. The highest BCUT2D eigenvalue weighted by Crippen LogP contribution is 2.27. The number of benzene rings is 1. The number of halogens is 4. The third-order valence-corrected chi connectivity index (χ3v) is 3.46. The SMILES string of the molecule is CCc1cc(C(=O)Nc2cc(Cl)c(F)c(Cl)c2)cc(Cl)n1. The van der Waals surface area contributed by atoms with Crippen molar-refractivity contribution in [3.8, 4) is 0 Å². The van der Waals surface area contributed by atoms with E-state index in [2.05, 4.69) is 10.3 Å². The number of aromatic nitrogens is 1. The molecule has 110 valence electrons. The number of carbonyl (C=O) groups is 1. The first-order valence-electron chi connectivity index (χ1n) is 6.03. The van der Waals surface area contributed by atoms with Crippen LogP contribution in [0, 0.1) is 5.82 Å². The zero-order chi connectivity index (χ0) is 15.6. The van der Waals surface area contributed by atoms with Crippen LogP contribution < -0.4 is 5.32 Å². The Morgan fingerprint density at radius 3 is 2.38 bits per heavy atom. The predicted molar refractivity (Wildman–Crippen MR) is 83.0 cm³/mol. The number of pyridine rings is 1. The number of amides is 1. The van der Waals surface area contributed by atoms with E-state index >= 15 is 0 Å². The molecule has 0 saturated carbocycles. The minimum Gasteiger partial charge on any atom is -0.322 e. The number of aryl methyl sites for hydroxylation is 1. The number of anilines is 1. The van der Waals surface area contributed by atoms with Gasteiger partial charge >= 0.3 is 0 Å². The molecule has 1 aromatic heterocycles. The van der Waals surface area contributed by atoms with E-state index in [0.29, 0.717) is 23.4 Å². The van der Waals surface area contributed by atoms with E-state index in [-0.39, 0.29) is 15.2 Å². The van der Waals surface area contributed by atoms with Crippen molar-refractivity contribution in [3.05, 3.63) is 56.5 Å². The molecular formula is C14H10Cl3FN2O. The van der Waals surface area contributed by atoms with Crippen molar-refractivity contribution in [1.82, 2.24) is 4.98 Å². The molecule has 0 fully saturated rings. The Bertz CT molecular complexity index is 684. The summed E-state index contributed by atoms with van der Waals surface area (Å²) < 4.78 is 13.3. The van der Waals surface area contributed by atoms with Crippen LogP contribution in [-0.2, 0) is 6.42 Å². The Labute approximate surface area is 136 Å². The van der Waals surface area contributed by atoms with Crippen molar-refractivity contribution in [3.63, 3.8) is 0 Å². The van der Waals surface area contributed by atoms with Crippen molar-refractivity contribution in [2.75, 3.05) is 5.32 Å². The molecule has 0 aliphatic heterocycles. The lowest BCUT2D eigenvalue weighted by molar-refractivity contribution is 0.102. The highest BCUT2D eigenvalue weighted by atomic mass is 35.5. The standard InChI is InChI=1S/C14H10Cl3FN2O/c1-2-8-3-7(4-12(17)19-8)14(21)20-9-5-10(15)13(18)11(16)6-9/h3-6H,2H2,1H3,(H,20,21). The van der Waals surface area contributed by atoms with Crippen molar-refractivity contribution < 1.29 is 9.18 Å². The minimum atomic E-state index is -0.725. The molecule has 3 nitrogen and oxygen atoms in total. The van der Waals surface area contributed by atoms with Gasteiger partial charge in [0.05, 0.1) is 10.0 Å². The Hall–Kier alpha value is -1.36. The highest BCUT2D eigenvalue weighted by molar-refractivity contribution is 6.35. The smallest absolute Gasteiger partial charge is 0.255 e. The van der Waals surface area contributed by atoms with Gasteiger partial charge in [0.2, 0.25) is 0 Å². The average molecular weight is 348 g/mol. The van der Waals surface area contributed by atoms with Gasteiger partial charge in [-0.2, -0.15) is 0 Å². The maximum absolute atomic E-state index is 13.3. The number of rotatable bonds is 3.